The van der Waals surface area contributed by atoms with E-state index in [0.717, 1.165) is 39.0 Å². The van der Waals surface area contributed by atoms with E-state index in [2.05, 4.69) is 28.2 Å². The summed E-state index contributed by atoms with van der Waals surface area (Å²) >= 11 is 0. The van der Waals surface area contributed by atoms with E-state index >= 15 is 0 Å². The Bertz CT molecular complexity index is 350. The van der Waals surface area contributed by atoms with E-state index < -0.39 is 0 Å². The van der Waals surface area contributed by atoms with Gasteiger partial charge in [-0.1, -0.05) is 6.07 Å². The van der Waals surface area contributed by atoms with Crippen molar-refractivity contribution in [1.82, 2.24) is 15.2 Å². The van der Waals surface area contributed by atoms with E-state index in [0.29, 0.717) is 12.1 Å². The summed E-state index contributed by atoms with van der Waals surface area (Å²) in [4.78, 5) is 6.67. The molecule has 4 nitrogen and oxygen atoms in total. The van der Waals surface area contributed by atoms with Gasteiger partial charge in [0, 0.05) is 51.7 Å². The minimum atomic E-state index is 0.366. The van der Waals surface area contributed by atoms with Gasteiger partial charge >= 0.3 is 0 Å². The summed E-state index contributed by atoms with van der Waals surface area (Å²) in [6.07, 6.45) is 6.54. The monoisotopic (exact) mass is 263 g/mol. The number of methoxy groups -OCH3 is 1. The molecule has 19 heavy (non-hydrogen) atoms. The minimum Gasteiger partial charge on any atom is -0.381 e. The van der Waals surface area contributed by atoms with Crippen molar-refractivity contribution in [2.24, 2.45) is 0 Å². The lowest BCUT2D eigenvalue weighted by Gasteiger charge is -2.31. The van der Waals surface area contributed by atoms with Crippen LogP contribution in [0.4, 0.5) is 0 Å². The van der Waals surface area contributed by atoms with E-state index in [1.807, 2.05) is 25.6 Å². The fourth-order valence-corrected chi connectivity index (χ4v) is 2.56. The summed E-state index contributed by atoms with van der Waals surface area (Å²) in [5.41, 5.74) is 1.25. The van der Waals surface area contributed by atoms with Gasteiger partial charge < -0.3 is 15.0 Å². The molecule has 0 saturated carbocycles. The van der Waals surface area contributed by atoms with E-state index in [9.17, 15) is 0 Å². The van der Waals surface area contributed by atoms with Crippen LogP contribution in [0.3, 0.4) is 0 Å². The van der Waals surface area contributed by atoms with Gasteiger partial charge in [0.15, 0.2) is 0 Å². The highest BCUT2D eigenvalue weighted by atomic mass is 16.5. The first-order chi connectivity index (χ1) is 9.29. The van der Waals surface area contributed by atoms with Crippen molar-refractivity contribution in [2.75, 3.05) is 33.3 Å². The van der Waals surface area contributed by atoms with Gasteiger partial charge in [0.2, 0.25) is 0 Å². The first kappa shape index (κ1) is 14.4. The molecule has 1 fully saturated rings. The third-order valence-electron chi connectivity index (χ3n) is 3.93. The maximum atomic E-state index is 5.39. The van der Waals surface area contributed by atoms with Gasteiger partial charge in [0.05, 0.1) is 6.10 Å². The smallest absolute Gasteiger partial charge is 0.0595 e. The van der Waals surface area contributed by atoms with Gasteiger partial charge in [-0.25, -0.2) is 0 Å². The molecule has 1 aromatic heterocycles. The van der Waals surface area contributed by atoms with Gasteiger partial charge in [-0.2, -0.15) is 0 Å². The topological polar surface area (TPSA) is 37.4 Å². The predicted molar refractivity (Wildman–Crippen MR) is 77.1 cm³/mol. The van der Waals surface area contributed by atoms with Crippen LogP contribution in [0.15, 0.2) is 24.5 Å². The molecule has 1 aromatic rings. The highest BCUT2D eigenvalue weighted by molar-refractivity contribution is 5.12. The summed E-state index contributed by atoms with van der Waals surface area (Å²) in [7, 11) is 1.82. The molecule has 0 bridgehead atoms. The molecule has 0 spiro atoms. The number of ether oxygens (including phenoxy) is 1. The van der Waals surface area contributed by atoms with Crippen LogP contribution in [0.1, 0.15) is 31.4 Å². The quantitative estimate of drug-likeness (QED) is 0.850. The summed E-state index contributed by atoms with van der Waals surface area (Å²) in [6.45, 7) is 6.63. The van der Waals surface area contributed by atoms with Crippen molar-refractivity contribution >= 4 is 0 Å². The largest absolute Gasteiger partial charge is 0.381 e. The van der Waals surface area contributed by atoms with Gasteiger partial charge in [0.1, 0.15) is 0 Å². The van der Waals surface area contributed by atoms with Gasteiger partial charge in [-0.15, -0.1) is 0 Å². The normalized spacial score (nSPS) is 19.5. The van der Waals surface area contributed by atoms with E-state index in [-0.39, 0.29) is 0 Å². The van der Waals surface area contributed by atoms with E-state index in [1.54, 1.807) is 0 Å². The van der Waals surface area contributed by atoms with Crippen LogP contribution in [0, 0.1) is 0 Å². The first-order valence-corrected chi connectivity index (χ1v) is 7.18. The Hall–Kier alpha value is -0.970. The maximum absolute atomic E-state index is 5.39. The molecule has 1 aliphatic heterocycles. The van der Waals surface area contributed by atoms with Crippen molar-refractivity contribution in [2.45, 2.75) is 31.9 Å². The molecule has 2 rings (SSSR count). The fraction of sp³-hybridized carbons (Fsp3) is 0.667. The lowest BCUT2D eigenvalue weighted by molar-refractivity contribution is 0.0413. The van der Waals surface area contributed by atoms with Crippen LogP contribution in [-0.2, 0) is 4.74 Å². The molecule has 0 unspecified atom stereocenters. The van der Waals surface area contributed by atoms with Crippen LogP contribution in [-0.4, -0.2) is 49.3 Å². The van der Waals surface area contributed by atoms with Crippen LogP contribution in [0.2, 0.25) is 0 Å². The summed E-state index contributed by atoms with van der Waals surface area (Å²) in [5.74, 6) is 0. The molecule has 2 heterocycles. The first-order valence-electron chi connectivity index (χ1n) is 7.18. The number of nitrogens with zero attached hydrogens (tertiary/aromatic N) is 2. The molecule has 106 valence electrons. The zero-order valence-electron chi connectivity index (χ0n) is 12.0. The number of rotatable bonds is 6. The molecule has 1 aliphatic rings. The second-order valence-corrected chi connectivity index (χ2v) is 5.24. The van der Waals surface area contributed by atoms with Crippen molar-refractivity contribution in [1.29, 1.82) is 0 Å². The Morgan fingerprint density at radius 3 is 2.89 bits per heavy atom. The van der Waals surface area contributed by atoms with Crippen LogP contribution >= 0.6 is 0 Å². The number of aromatic nitrogens is 1. The number of hydrogen-bond acceptors (Lipinski definition) is 4. The number of pyridine rings is 1. The zero-order valence-corrected chi connectivity index (χ0v) is 12.0. The number of nitrogens with one attached hydrogen (secondary N) is 1. The molecule has 1 N–H and O–H groups in total. The van der Waals surface area contributed by atoms with Crippen molar-refractivity contribution < 1.29 is 4.74 Å². The average Bonchev–Trinajstić information content (AvgIpc) is 2.49. The molecule has 0 aliphatic carbocycles. The van der Waals surface area contributed by atoms with Crippen LogP contribution < -0.4 is 5.32 Å². The van der Waals surface area contributed by atoms with Gasteiger partial charge in [-0.3, -0.25) is 4.98 Å². The van der Waals surface area contributed by atoms with Gasteiger partial charge in [0.25, 0.3) is 0 Å². The molecule has 0 radical (unpaired) electrons. The summed E-state index contributed by atoms with van der Waals surface area (Å²) in [5, 5.41) is 3.56. The Labute approximate surface area is 116 Å². The average molecular weight is 263 g/mol. The predicted octanol–water partition coefficient (Wildman–Crippen LogP) is 1.84. The molecule has 1 saturated heterocycles. The van der Waals surface area contributed by atoms with Crippen LogP contribution in [0.25, 0.3) is 0 Å². The standard InChI is InChI=1S/C15H25N3O/c1-13(14-4-3-7-16-12-14)17-8-11-18-9-5-15(19-2)6-10-18/h3-4,7,12-13,15,17H,5-6,8-11H2,1-2H3/t13-/m0/s1. The zero-order chi connectivity index (χ0) is 13.5. The lowest BCUT2D eigenvalue weighted by atomic mass is 10.1. The Morgan fingerprint density at radius 2 is 2.26 bits per heavy atom. The molecule has 1 atom stereocenters. The maximum Gasteiger partial charge on any atom is 0.0595 e. The van der Waals surface area contributed by atoms with E-state index in [4.69, 9.17) is 4.74 Å². The second-order valence-electron chi connectivity index (χ2n) is 5.24. The number of likely N-dealkylation sites (tertiary alicyclic amines) is 1. The Balaban J connectivity index is 1.64. The minimum absolute atomic E-state index is 0.366. The fourth-order valence-electron chi connectivity index (χ4n) is 2.56. The van der Waals surface area contributed by atoms with Gasteiger partial charge in [-0.05, 0) is 31.4 Å². The highest BCUT2D eigenvalue weighted by Crippen LogP contribution is 2.13. The number of piperidine rings is 1. The second kappa shape index (κ2) is 7.58. The molecule has 0 amide bonds. The SMILES string of the molecule is COC1CCN(CCN[C@@H](C)c2cccnc2)CC1. The van der Waals surface area contributed by atoms with E-state index in [1.165, 1.54) is 5.56 Å². The molecular weight excluding hydrogens is 238 g/mol. The van der Waals surface area contributed by atoms with Crippen molar-refractivity contribution in [3.8, 4) is 0 Å². The Kier molecular flexibility index (Phi) is 5.76. The van der Waals surface area contributed by atoms with Crippen molar-refractivity contribution in [3.05, 3.63) is 30.1 Å². The van der Waals surface area contributed by atoms with Crippen LogP contribution in [0.5, 0.6) is 0 Å². The third kappa shape index (κ3) is 4.56. The third-order valence-corrected chi connectivity index (χ3v) is 3.93. The Morgan fingerprint density at radius 1 is 1.47 bits per heavy atom. The molecular formula is C15H25N3O. The summed E-state index contributed by atoms with van der Waals surface area (Å²) < 4.78 is 5.39. The highest BCUT2D eigenvalue weighted by Gasteiger charge is 2.18. The molecule has 4 heteroatoms. The molecule has 0 aromatic carbocycles. The number of hydrogen-bond donors (Lipinski definition) is 1. The lowest BCUT2D eigenvalue weighted by Crippen LogP contribution is -2.40. The summed E-state index contributed by atoms with van der Waals surface area (Å²) in [6, 6.07) is 4.47. The van der Waals surface area contributed by atoms with Crippen molar-refractivity contribution in [3.63, 3.8) is 0 Å².